The molecule has 0 saturated carbocycles. The average Bonchev–Trinajstić information content (AvgIpc) is 2.41. The Morgan fingerprint density at radius 3 is 2.74 bits per heavy atom. The van der Waals surface area contributed by atoms with Gasteiger partial charge in [0.1, 0.15) is 10.8 Å². The summed E-state index contributed by atoms with van der Waals surface area (Å²) in [5.41, 5.74) is 6.74. The zero-order valence-electron chi connectivity index (χ0n) is 11.1. The van der Waals surface area contributed by atoms with Crippen molar-refractivity contribution in [3.05, 3.63) is 35.1 Å². The second kappa shape index (κ2) is 6.41. The second-order valence-electron chi connectivity index (χ2n) is 4.93. The standard InChI is InChI=1S/C14H19FN2OS/c1-17(12-4-6-18-7-5-12)9-11-3-2-10(14(16)19)8-13(11)15/h2-3,8,12H,4-7,9H2,1H3,(H2,16,19). The molecule has 0 bridgehead atoms. The van der Waals surface area contributed by atoms with Gasteiger partial charge in [0.05, 0.1) is 0 Å². The van der Waals surface area contributed by atoms with Gasteiger partial charge in [-0.25, -0.2) is 4.39 Å². The highest BCUT2D eigenvalue weighted by molar-refractivity contribution is 7.80. The Kier molecular flexibility index (Phi) is 4.85. The van der Waals surface area contributed by atoms with E-state index < -0.39 is 0 Å². The summed E-state index contributed by atoms with van der Waals surface area (Å²) in [5.74, 6) is -0.246. The van der Waals surface area contributed by atoms with E-state index in [0.717, 1.165) is 26.1 Å². The van der Waals surface area contributed by atoms with Crippen molar-refractivity contribution in [2.45, 2.75) is 25.4 Å². The Balaban J connectivity index is 2.03. The molecule has 0 spiro atoms. The fraction of sp³-hybridized carbons (Fsp3) is 0.500. The predicted molar refractivity (Wildman–Crippen MR) is 77.6 cm³/mol. The van der Waals surface area contributed by atoms with Crippen LogP contribution in [0.25, 0.3) is 0 Å². The molecule has 3 nitrogen and oxygen atoms in total. The van der Waals surface area contributed by atoms with Crippen LogP contribution in [0.3, 0.4) is 0 Å². The van der Waals surface area contributed by atoms with Gasteiger partial charge in [0.2, 0.25) is 0 Å². The van der Waals surface area contributed by atoms with E-state index in [2.05, 4.69) is 4.90 Å². The summed E-state index contributed by atoms with van der Waals surface area (Å²) in [4.78, 5) is 2.41. The number of halogens is 1. The average molecular weight is 282 g/mol. The van der Waals surface area contributed by atoms with Crippen molar-refractivity contribution in [3.8, 4) is 0 Å². The molecular formula is C14H19FN2OS. The molecule has 0 unspecified atom stereocenters. The van der Waals surface area contributed by atoms with Gasteiger partial charge in [-0.2, -0.15) is 0 Å². The summed E-state index contributed by atoms with van der Waals surface area (Å²) in [5, 5.41) is 0. The molecule has 1 fully saturated rings. The molecule has 1 aliphatic rings. The van der Waals surface area contributed by atoms with Gasteiger partial charge < -0.3 is 10.5 Å². The van der Waals surface area contributed by atoms with Gasteiger partial charge in [0, 0.05) is 36.9 Å². The van der Waals surface area contributed by atoms with Crippen LogP contribution < -0.4 is 5.73 Å². The molecule has 19 heavy (non-hydrogen) atoms. The Morgan fingerprint density at radius 1 is 1.47 bits per heavy atom. The van der Waals surface area contributed by atoms with Crippen molar-refractivity contribution in [1.82, 2.24) is 4.90 Å². The highest BCUT2D eigenvalue weighted by atomic mass is 32.1. The van der Waals surface area contributed by atoms with Gasteiger partial charge in [-0.15, -0.1) is 0 Å². The fourth-order valence-corrected chi connectivity index (χ4v) is 2.48. The fourth-order valence-electron chi connectivity index (χ4n) is 2.35. The summed E-state index contributed by atoms with van der Waals surface area (Å²) >= 11 is 4.84. The maximum atomic E-state index is 14.0. The molecule has 1 heterocycles. The first-order chi connectivity index (χ1) is 9.08. The zero-order valence-corrected chi connectivity index (χ0v) is 11.9. The molecule has 0 amide bonds. The number of rotatable bonds is 4. The van der Waals surface area contributed by atoms with Crippen molar-refractivity contribution in [1.29, 1.82) is 0 Å². The minimum atomic E-state index is -0.246. The van der Waals surface area contributed by atoms with Crippen molar-refractivity contribution in [2.24, 2.45) is 5.73 Å². The maximum absolute atomic E-state index is 14.0. The molecule has 0 radical (unpaired) electrons. The van der Waals surface area contributed by atoms with Gasteiger partial charge in [0.25, 0.3) is 0 Å². The molecule has 104 valence electrons. The van der Waals surface area contributed by atoms with Crippen molar-refractivity contribution < 1.29 is 9.13 Å². The van der Waals surface area contributed by atoms with Crippen LogP contribution in [0.1, 0.15) is 24.0 Å². The number of benzene rings is 1. The third-order valence-corrected chi connectivity index (χ3v) is 3.81. The summed E-state index contributed by atoms with van der Waals surface area (Å²) < 4.78 is 19.3. The van der Waals surface area contributed by atoms with Crippen molar-refractivity contribution in [3.63, 3.8) is 0 Å². The lowest BCUT2D eigenvalue weighted by Gasteiger charge is -2.31. The summed E-state index contributed by atoms with van der Waals surface area (Å²) in [6.07, 6.45) is 2.01. The summed E-state index contributed by atoms with van der Waals surface area (Å²) in [7, 11) is 2.02. The van der Waals surface area contributed by atoms with Crippen LogP contribution in [0.4, 0.5) is 4.39 Å². The minimum Gasteiger partial charge on any atom is -0.389 e. The van der Waals surface area contributed by atoms with Crippen LogP contribution in [0.15, 0.2) is 18.2 Å². The number of nitrogens with zero attached hydrogens (tertiary/aromatic N) is 1. The quantitative estimate of drug-likeness (QED) is 0.858. The van der Waals surface area contributed by atoms with E-state index in [1.54, 1.807) is 12.1 Å². The highest BCUT2D eigenvalue weighted by Gasteiger charge is 2.19. The number of ether oxygens (including phenoxy) is 1. The maximum Gasteiger partial charge on any atom is 0.128 e. The second-order valence-corrected chi connectivity index (χ2v) is 5.37. The largest absolute Gasteiger partial charge is 0.389 e. The van der Waals surface area contributed by atoms with Crippen LogP contribution in [-0.2, 0) is 11.3 Å². The SMILES string of the molecule is CN(Cc1ccc(C(N)=S)cc1F)C1CCOCC1. The highest BCUT2D eigenvalue weighted by Crippen LogP contribution is 2.18. The van der Waals surface area contributed by atoms with E-state index in [1.807, 2.05) is 7.05 Å². The van der Waals surface area contributed by atoms with Gasteiger partial charge in [-0.1, -0.05) is 24.4 Å². The first-order valence-electron chi connectivity index (χ1n) is 6.44. The molecule has 0 aromatic heterocycles. The molecule has 0 aliphatic carbocycles. The van der Waals surface area contributed by atoms with E-state index in [1.165, 1.54) is 6.07 Å². The monoisotopic (exact) mass is 282 g/mol. The number of nitrogens with two attached hydrogens (primary N) is 1. The van der Waals surface area contributed by atoms with Crippen LogP contribution in [0, 0.1) is 5.82 Å². The molecule has 2 N–H and O–H groups in total. The van der Waals surface area contributed by atoms with Crippen LogP contribution in [0.5, 0.6) is 0 Å². The Morgan fingerprint density at radius 2 is 2.16 bits per heavy atom. The van der Waals surface area contributed by atoms with E-state index in [-0.39, 0.29) is 10.8 Å². The van der Waals surface area contributed by atoms with Crippen LogP contribution in [-0.4, -0.2) is 36.2 Å². The number of thiocarbonyl (C=S) groups is 1. The number of hydrogen-bond donors (Lipinski definition) is 1. The Hall–Kier alpha value is -1.04. The topological polar surface area (TPSA) is 38.5 Å². The molecule has 5 heteroatoms. The van der Waals surface area contributed by atoms with Crippen LogP contribution >= 0.6 is 12.2 Å². The normalized spacial score (nSPS) is 16.8. The third kappa shape index (κ3) is 3.72. The van der Waals surface area contributed by atoms with Crippen molar-refractivity contribution >= 4 is 17.2 Å². The van der Waals surface area contributed by atoms with E-state index in [0.29, 0.717) is 23.7 Å². The van der Waals surface area contributed by atoms with Crippen molar-refractivity contribution in [2.75, 3.05) is 20.3 Å². The lowest BCUT2D eigenvalue weighted by Crippen LogP contribution is -2.36. The van der Waals surface area contributed by atoms with Gasteiger partial charge in [-0.3, -0.25) is 4.90 Å². The van der Waals surface area contributed by atoms with E-state index in [4.69, 9.17) is 22.7 Å². The van der Waals surface area contributed by atoms with Gasteiger partial charge in [0.15, 0.2) is 0 Å². The molecule has 1 saturated heterocycles. The van der Waals surface area contributed by atoms with E-state index >= 15 is 0 Å². The Labute approximate surface area is 118 Å². The smallest absolute Gasteiger partial charge is 0.128 e. The molecule has 1 aromatic carbocycles. The molecule has 2 rings (SSSR count). The van der Waals surface area contributed by atoms with Gasteiger partial charge >= 0.3 is 0 Å². The zero-order chi connectivity index (χ0) is 13.8. The lowest BCUT2D eigenvalue weighted by molar-refractivity contribution is 0.0404. The van der Waals surface area contributed by atoms with Crippen LogP contribution in [0.2, 0.25) is 0 Å². The molecular weight excluding hydrogens is 263 g/mol. The lowest BCUT2D eigenvalue weighted by atomic mass is 10.1. The molecule has 1 aromatic rings. The first kappa shape index (κ1) is 14.4. The molecule has 0 atom stereocenters. The predicted octanol–water partition coefficient (Wildman–Crippen LogP) is 2.07. The third-order valence-electron chi connectivity index (χ3n) is 3.57. The minimum absolute atomic E-state index is 0.225. The summed E-state index contributed by atoms with van der Waals surface area (Å²) in [6, 6.07) is 5.41. The number of hydrogen-bond acceptors (Lipinski definition) is 3. The summed E-state index contributed by atoms with van der Waals surface area (Å²) in [6.45, 7) is 2.17. The molecule has 1 aliphatic heterocycles. The first-order valence-corrected chi connectivity index (χ1v) is 6.85. The van der Waals surface area contributed by atoms with Gasteiger partial charge in [-0.05, 0) is 26.0 Å². The Bertz CT molecular complexity index is 461. The van der Waals surface area contributed by atoms with E-state index in [9.17, 15) is 4.39 Å².